The Hall–Kier alpha value is -4.18. The summed E-state index contributed by atoms with van der Waals surface area (Å²) in [4.78, 5) is 53.9. The van der Waals surface area contributed by atoms with E-state index in [1.165, 1.54) is 37.4 Å². The second kappa shape index (κ2) is 12.6. The Morgan fingerprint density at radius 2 is 1.62 bits per heavy atom. The highest BCUT2D eigenvalue weighted by Crippen LogP contribution is 2.35. The maximum Gasteiger partial charge on any atom is 0.261 e. The minimum atomic E-state index is -1.14. The van der Waals surface area contributed by atoms with E-state index >= 15 is 0 Å². The minimum Gasteiger partial charge on any atom is -0.493 e. The molecule has 3 amide bonds. The fourth-order valence-corrected chi connectivity index (χ4v) is 4.55. The fraction of sp³-hybridized carbons (Fsp3) is 0.310. The van der Waals surface area contributed by atoms with Crippen molar-refractivity contribution >= 4 is 40.5 Å². The van der Waals surface area contributed by atoms with Crippen molar-refractivity contribution in [3.8, 4) is 11.5 Å². The number of hydrogen-bond acceptors (Lipinski definition) is 7. The smallest absolute Gasteiger partial charge is 0.261 e. The molecule has 0 aliphatic rings. The number of ketones is 1. The zero-order valence-electron chi connectivity index (χ0n) is 22.9. The lowest BCUT2D eigenvalue weighted by atomic mass is 9.99. The molecule has 0 aliphatic heterocycles. The third-order valence-electron chi connectivity index (χ3n) is 5.69. The van der Waals surface area contributed by atoms with Crippen LogP contribution in [0, 0.1) is 0 Å². The van der Waals surface area contributed by atoms with Gasteiger partial charge in [-0.05, 0) is 81.1 Å². The van der Waals surface area contributed by atoms with Gasteiger partial charge in [-0.2, -0.15) is 0 Å². The van der Waals surface area contributed by atoms with Gasteiger partial charge >= 0.3 is 0 Å². The summed E-state index contributed by atoms with van der Waals surface area (Å²) in [5, 5.41) is 7.38. The van der Waals surface area contributed by atoms with Gasteiger partial charge in [0.15, 0.2) is 17.3 Å². The average Bonchev–Trinajstić information content (AvgIpc) is 3.44. The van der Waals surface area contributed by atoms with Crippen molar-refractivity contribution < 1.29 is 28.7 Å². The molecule has 3 rings (SSSR count). The zero-order valence-corrected chi connectivity index (χ0v) is 23.7. The molecule has 2 aromatic carbocycles. The van der Waals surface area contributed by atoms with Gasteiger partial charge in [0.05, 0.1) is 25.6 Å². The number of Topliss-reactive ketones (excluding diaryl/α,β-unsaturated/α-hetero) is 1. The number of hydrogen-bond donors (Lipinski definition) is 2. The van der Waals surface area contributed by atoms with Gasteiger partial charge in [0, 0.05) is 16.8 Å². The Balaban J connectivity index is 2.11. The lowest BCUT2D eigenvalue weighted by Gasteiger charge is -2.34. The van der Waals surface area contributed by atoms with Crippen molar-refractivity contribution in [2.75, 3.05) is 25.7 Å². The molecule has 0 spiro atoms. The van der Waals surface area contributed by atoms with Crippen LogP contribution in [0.25, 0.3) is 0 Å². The SMILES string of the molecule is COc1ccc(C(C(=O)NC(C)(C)C)N(C(=O)CNC(=O)c2cccs2)c2ccc(C(C)=O)cc2)cc1OC. The molecule has 1 atom stereocenters. The molecule has 0 aliphatic carbocycles. The minimum absolute atomic E-state index is 0.135. The summed E-state index contributed by atoms with van der Waals surface area (Å²) in [5.41, 5.74) is 0.688. The second-order valence-corrected chi connectivity index (χ2v) is 10.7. The number of nitrogens with zero attached hydrogens (tertiary/aromatic N) is 1. The lowest BCUT2D eigenvalue weighted by Crippen LogP contribution is -2.51. The van der Waals surface area contributed by atoms with E-state index in [0.29, 0.717) is 33.2 Å². The number of carbonyl (C=O) groups is 4. The summed E-state index contributed by atoms with van der Waals surface area (Å²) in [6, 6.07) is 13.6. The van der Waals surface area contributed by atoms with E-state index < -0.39 is 29.3 Å². The number of carbonyl (C=O) groups excluding carboxylic acids is 4. The van der Waals surface area contributed by atoms with Gasteiger partial charge in [0.1, 0.15) is 6.04 Å². The Labute approximate surface area is 232 Å². The van der Waals surface area contributed by atoms with Crippen molar-refractivity contribution in [1.82, 2.24) is 10.6 Å². The predicted molar refractivity (Wildman–Crippen MR) is 151 cm³/mol. The molecule has 206 valence electrons. The first-order valence-corrected chi connectivity index (χ1v) is 13.1. The zero-order chi connectivity index (χ0) is 28.7. The van der Waals surface area contributed by atoms with Crippen LogP contribution in [0.1, 0.15) is 59.3 Å². The molecule has 9 nitrogen and oxygen atoms in total. The van der Waals surface area contributed by atoms with Crippen LogP contribution in [0.15, 0.2) is 60.0 Å². The Morgan fingerprint density at radius 1 is 0.949 bits per heavy atom. The molecule has 0 radical (unpaired) electrons. The standard InChI is InChI=1S/C29H33N3O6S/c1-18(33)19-9-12-21(13-10-19)32(25(34)17-30-27(35)24-8-7-15-39-24)26(28(36)31-29(2,3)4)20-11-14-22(37-5)23(16-20)38-6/h7-16,26H,17H2,1-6H3,(H,30,35)(H,31,36). The van der Waals surface area contributed by atoms with Gasteiger partial charge in [-0.1, -0.05) is 12.1 Å². The van der Waals surface area contributed by atoms with Crippen molar-refractivity contribution in [3.05, 3.63) is 76.0 Å². The van der Waals surface area contributed by atoms with Crippen LogP contribution in [-0.4, -0.2) is 49.8 Å². The van der Waals surface area contributed by atoms with Gasteiger partial charge in [0.25, 0.3) is 5.91 Å². The number of nitrogens with one attached hydrogen (secondary N) is 2. The van der Waals surface area contributed by atoms with Crippen LogP contribution in [0.3, 0.4) is 0 Å². The summed E-state index contributed by atoms with van der Waals surface area (Å²) in [5.74, 6) is -0.656. The number of amides is 3. The third-order valence-corrected chi connectivity index (χ3v) is 6.56. The number of thiophene rings is 1. The summed E-state index contributed by atoms with van der Waals surface area (Å²) in [6.45, 7) is 6.60. The molecule has 2 N–H and O–H groups in total. The van der Waals surface area contributed by atoms with Gasteiger partial charge in [-0.15, -0.1) is 11.3 Å². The van der Waals surface area contributed by atoms with E-state index in [0.717, 1.165) is 0 Å². The van der Waals surface area contributed by atoms with Gasteiger partial charge in [-0.25, -0.2) is 0 Å². The van der Waals surface area contributed by atoms with E-state index in [1.54, 1.807) is 60.0 Å². The van der Waals surface area contributed by atoms with Crippen molar-refractivity contribution in [1.29, 1.82) is 0 Å². The van der Waals surface area contributed by atoms with Crippen molar-refractivity contribution in [2.24, 2.45) is 0 Å². The number of ether oxygens (including phenoxy) is 2. The maximum atomic E-state index is 13.8. The molecule has 0 bridgehead atoms. The number of rotatable bonds is 10. The summed E-state index contributed by atoms with van der Waals surface area (Å²) < 4.78 is 10.8. The van der Waals surface area contributed by atoms with Crippen LogP contribution < -0.4 is 25.0 Å². The van der Waals surface area contributed by atoms with Crippen LogP contribution in [0.2, 0.25) is 0 Å². The summed E-state index contributed by atoms with van der Waals surface area (Å²) in [6.07, 6.45) is 0. The highest BCUT2D eigenvalue weighted by molar-refractivity contribution is 7.12. The Bertz CT molecular complexity index is 1330. The largest absolute Gasteiger partial charge is 0.493 e. The van der Waals surface area contributed by atoms with Crippen LogP contribution in [-0.2, 0) is 9.59 Å². The summed E-state index contributed by atoms with van der Waals surface area (Å²) in [7, 11) is 2.99. The van der Waals surface area contributed by atoms with E-state index in [9.17, 15) is 19.2 Å². The molecule has 10 heteroatoms. The highest BCUT2D eigenvalue weighted by Gasteiger charge is 2.35. The molecule has 0 fully saturated rings. The van der Waals surface area contributed by atoms with Gasteiger partial charge in [-0.3, -0.25) is 24.1 Å². The highest BCUT2D eigenvalue weighted by atomic mass is 32.1. The first-order chi connectivity index (χ1) is 18.4. The van der Waals surface area contributed by atoms with Crippen molar-refractivity contribution in [3.63, 3.8) is 0 Å². The first-order valence-electron chi connectivity index (χ1n) is 12.2. The second-order valence-electron chi connectivity index (χ2n) is 9.78. The molecule has 0 saturated heterocycles. The van der Waals surface area contributed by atoms with E-state index in [-0.39, 0.29) is 12.3 Å². The monoisotopic (exact) mass is 551 g/mol. The maximum absolute atomic E-state index is 13.8. The first kappa shape index (κ1) is 29.4. The number of anilines is 1. The molecular formula is C29H33N3O6S. The van der Waals surface area contributed by atoms with E-state index in [4.69, 9.17) is 9.47 Å². The average molecular weight is 552 g/mol. The number of methoxy groups -OCH3 is 2. The van der Waals surface area contributed by atoms with Crippen molar-refractivity contribution in [2.45, 2.75) is 39.3 Å². The number of benzene rings is 2. The van der Waals surface area contributed by atoms with Crippen LogP contribution >= 0.6 is 11.3 Å². The molecule has 39 heavy (non-hydrogen) atoms. The summed E-state index contributed by atoms with van der Waals surface area (Å²) >= 11 is 1.25. The van der Waals surface area contributed by atoms with Crippen LogP contribution in [0.4, 0.5) is 5.69 Å². The van der Waals surface area contributed by atoms with Gasteiger partial charge in [0.2, 0.25) is 11.8 Å². The molecule has 1 unspecified atom stereocenters. The fourth-order valence-electron chi connectivity index (χ4n) is 3.91. The molecule has 1 heterocycles. The normalized spacial score (nSPS) is 11.7. The molecule has 0 saturated carbocycles. The Morgan fingerprint density at radius 3 is 2.15 bits per heavy atom. The third kappa shape index (κ3) is 7.44. The quantitative estimate of drug-likeness (QED) is 0.362. The molecule has 1 aromatic heterocycles. The van der Waals surface area contributed by atoms with E-state index in [1.807, 2.05) is 20.8 Å². The van der Waals surface area contributed by atoms with E-state index in [2.05, 4.69) is 10.6 Å². The van der Waals surface area contributed by atoms with Gasteiger partial charge < -0.3 is 20.1 Å². The lowest BCUT2D eigenvalue weighted by molar-refractivity contribution is -0.127. The topological polar surface area (TPSA) is 114 Å². The van der Waals surface area contributed by atoms with Crippen LogP contribution in [0.5, 0.6) is 11.5 Å². The Kier molecular flexibility index (Phi) is 9.47. The predicted octanol–water partition coefficient (Wildman–Crippen LogP) is 4.39. The molecular weight excluding hydrogens is 518 g/mol. The molecule has 3 aromatic rings.